The summed E-state index contributed by atoms with van der Waals surface area (Å²) in [6.07, 6.45) is -3.83. The van der Waals surface area contributed by atoms with E-state index in [0.29, 0.717) is 17.8 Å². The molecule has 2 aromatic carbocycles. The summed E-state index contributed by atoms with van der Waals surface area (Å²) in [6, 6.07) is 8.55. The third kappa shape index (κ3) is 5.87. The van der Waals surface area contributed by atoms with Crippen LogP contribution < -0.4 is 20.9 Å². The third-order valence-corrected chi connectivity index (χ3v) is 4.00. The van der Waals surface area contributed by atoms with Gasteiger partial charge >= 0.3 is 12.2 Å². The number of benzene rings is 2. The minimum absolute atomic E-state index is 0.277. The Morgan fingerprint density at radius 1 is 1.03 bits per heavy atom. The number of nitrogens with zero attached hydrogens (tertiary/aromatic N) is 1. The molecular weight excluding hydrogens is 385 g/mol. The van der Waals surface area contributed by atoms with E-state index in [9.17, 15) is 22.8 Å². The number of rotatable bonds is 6. The molecule has 3 N–H and O–H groups in total. The van der Waals surface area contributed by atoms with Crippen molar-refractivity contribution in [1.29, 1.82) is 0 Å². The molecule has 2 aromatic rings. The number of halogens is 3. The van der Waals surface area contributed by atoms with Gasteiger partial charge in [0.1, 0.15) is 0 Å². The van der Waals surface area contributed by atoms with Crippen LogP contribution in [-0.2, 0) is 6.18 Å². The molecule has 3 amide bonds. The Morgan fingerprint density at radius 3 is 2.34 bits per heavy atom. The van der Waals surface area contributed by atoms with Crippen LogP contribution in [0.4, 0.5) is 35.0 Å². The fourth-order valence-electron chi connectivity index (χ4n) is 2.64. The summed E-state index contributed by atoms with van der Waals surface area (Å²) in [4.78, 5) is 26.4. The third-order valence-electron chi connectivity index (χ3n) is 4.00. The predicted octanol–water partition coefficient (Wildman–Crippen LogP) is 4.56. The number of nitrogens with one attached hydrogen (secondary N) is 3. The molecular formula is C20H23F3N4O2. The zero-order valence-corrected chi connectivity index (χ0v) is 16.4. The minimum atomic E-state index is -4.60. The van der Waals surface area contributed by atoms with Gasteiger partial charge in [0.15, 0.2) is 0 Å². The Balaban J connectivity index is 2.22. The first-order chi connectivity index (χ1) is 13.6. The molecule has 0 saturated carbocycles. The molecule has 0 aliphatic carbocycles. The van der Waals surface area contributed by atoms with Crippen LogP contribution in [0, 0.1) is 0 Å². The molecule has 0 bridgehead atoms. The number of anilines is 3. The number of urea groups is 1. The average molecular weight is 408 g/mol. The molecule has 0 fully saturated rings. The van der Waals surface area contributed by atoms with Crippen molar-refractivity contribution in [2.75, 3.05) is 36.2 Å². The fourth-order valence-corrected chi connectivity index (χ4v) is 2.64. The Morgan fingerprint density at radius 2 is 1.72 bits per heavy atom. The lowest BCUT2D eigenvalue weighted by atomic mass is 10.1. The van der Waals surface area contributed by atoms with Gasteiger partial charge in [-0.15, -0.1) is 0 Å². The van der Waals surface area contributed by atoms with Gasteiger partial charge in [0, 0.05) is 32.0 Å². The molecule has 0 unspecified atom stereocenters. The van der Waals surface area contributed by atoms with Crippen LogP contribution in [0.1, 0.15) is 29.3 Å². The number of hydrogen-bond acceptors (Lipinski definition) is 3. The summed E-state index contributed by atoms with van der Waals surface area (Å²) in [5.74, 6) is -0.304. The van der Waals surface area contributed by atoms with E-state index in [2.05, 4.69) is 16.0 Å². The lowest BCUT2D eigenvalue weighted by molar-refractivity contribution is -0.136. The highest BCUT2D eigenvalue weighted by Gasteiger charge is 2.33. The Hall–Kier alpha value is -3.23. The van der Waals surface area contributed by atoms with Gasteiger partial charge in [-0.2, -0.15) is 13.2 Å². The summed E-state index contributed by atoms with van der Waals surface area (Å²) >= 11 is 0. The predicted molar refractivity (Wildman–Crippen MR) is 107 cm³/mol. The minimum Gasteiger partial charge on any atom is -0.377 e. The largest absolute Gasteiger partial charge is 0.418 e. The summed E-state index contributed by atoms with van der Waals surface area (Å²) < 4.78 is 39.2. The van der Waals surface area contributed by atoms with Gasteiger partial charge in [-0.25, -0.2) is 4.79 Å². The molecule has 2 rings (SSSR count). The van der Waals surface area contributed by atoms with E-state index in [1.807, 2.05) is 6.92 Å². The maximum absolute atomic E-state index is 13.1. The van der Waals surface area contributed by atoms with Crippen LogP contribution in [0.2, 0.25) is 0 Å². The van der Waals surface area contributed by atoms with Crippen molar-refractivity contribution in [1.82, 2.24) is 5.32 Å². The van der Waals surface area contributed by atoms with Crippen molar-refractivity contribution in [2.45, 2.75) is 19.5 Å². The van der Waals surface area contributed by atoms with Crippen molar-refractivity contribution >= 4 is 29.0 Å². The first-order valence-electron chi connectivity index (χ1n) is 8.97. The number of hydrogen-bond donors (Lipinski definition) is 3. The molecule has 0 saturated heterocycles. The number of para-hydroxylation sites is 1. The SMILES string of the molecule is CCCNC(=O)c1cc(NC(=O)Nc2ccccc2C(F)(F)F)ccc1N(C)C. The molecule has 29 heavy (non-hydrogen) atoms. The number of alkyl halides is 3. The second-order valence-electron chi connectivity index (χ2n) is 6.50. The summed E-state index contributed by atoms with van der Waals surface area (Å²) in [5.41, 5.74) is -0.0378. The van der Waals surface area contributed by atoms with Gasteiger partial charge in [0.2, 0.25) is 0 Å². The molecule has 0 aromatic heterocycles. The van der Waals surface area contributed by atoms with Gasteiger partial charge in [0.05, 0.1) is 16.8 Å². The summed E-state index contributed by atoms with van der Waals surface area (Å²) in [6.45, 7) is 2.42. The molecule has 156 valence electrons. The van der Waals surface area contributed by atoms with E-state index < -0.39 is 17.8 Å². The van der Waals surface area contributed by atoms with Gasteiger partial charge in [-0.3, -0.25) is 4.79 Å². The molecule has 9 heteroatoms. The number of carbonyl (C=O) groups excluding carboxylic acids is 2. The van der Waals surface area contributed by atoms with Gasteiger partial charge in [0.25, 0.3) is 5.91 Å². The normalized spacial score (nSPS) is 11.0. The van der Waals surface area contributed by atoms with Crippen molar-refractivity contribution in [3.8, 4) is 0 Å². The van der Waals surface area contributed by atoms with Crippen LogP contribution in [0.3, 0.4) is 0 Å². The maximum Gasteiger partial charge on any atom is 0.418 e. The Bertz CT molecular complexity index is 882. The first kappa shape index (κ1) is 22.1. The molecule has 6 nitrogen and oxygen atoms in total. The zero-order valence-electron chi connectivity index (χ0n) is 16.4. The van der Waals surface area contributed by atoms with Crippen LogP contribution in [0.15, 0.2) is 42.5 Å². The van der Waals surface area contributed by atoms with Crippen molar-refractivity contribution < 1.29 is 22.8 Å². The number of carbonyl (C=O) groups is 2. The smallest absolute Gasteiger partial charge is 0.377 e. The fraction of sp³-hybridized carbons (Fsp3) is 0.300. The molecule has 0 heterocycles. The van der Waals surface area contributed by atoms with Crippen LogP contribution in [-0.4, -0.2) is 32.6 Å². The lowest BCUT2D eigenvalue weighted by Crippen LogP contribution is -2.27. The van der Waals surface area contributed by atoms with Crippen molar-refractivity contribution in [3.63, 3.8) is 0 Å². The van der Waals surface area contributed by atoms with E-state index >= 15 is 0 Å². The van der Waals surface area contributed by atoms with E-state index in [1.165, 1.54) is 24.3 Å². The van der Waals surface area contributed by atoms with E-state index in [-0.39, 0.29) is 17.3 Å². The quantitative estimate of drug-likeness (QED) is 0.656. The average Bonchev–Trinajstić information content (AvgIpc) is 2.65. The highest BCUT2D eigenvalue weighted by Crippen LogP contribution is 2.34. The van der Waals surface area contributed by atoms with Gasteiger partial charge < -0.3 is 20.9 Å². The number of amides is 3. The Labute approximate surface area is 167 Å². The first-order valence-corrected chi connectivity index (χ1v) is 8.97. The topological polar surface area (TPSA) is 73.5 Å². The molecule has 0 spiro atoms. The maximum atomic E-state index is 13.1. The van der Waals surface area contributed by atoms with Gasteiger partial charge in [-0.1, -0.05) is 19.1 Å². The second kappa shape index (κ2) is 9.31. The zero-order chi connectivity index (χ0) is 21.6. The van der Waals surface area contributed by atoms with Crippen LogP contribution in [0.25, 0.3) is 0 Å². The second-order valence-corrected chi connectivity index (χ2v) is 6.50. The van der Waals surface area contributed by atoms with E-state index in [4.69, 9.17) is 0 Å². The molecule has 0 radical (unpaired) electrons. The lowest BCUT2D eigenvalue weighted by Gasteiger charge is -2.19. The van der Waals surface area contributed by atoms with Crippen LogP contribution in [0.5, 0.6) is 0 Å². The molecule has 0 aliphatic rings. The molecule has 0 aliphatic heterocycles. The molecule has 0 atom stereocenters. The monoisotopic (exact) mass is 408 g/mol. The Kier molecular flexibility index (Phi) is 7.08. The van der Waals surface area contributed by atoms with E-state index in [0.717, 1.165) is 12.5 Å². The van der Waals surface area contributed by atoms with Gasteiger partial charge in [-0.05, 0) is 36.8 Å². The summed E-state index contributed by atoms with van der Waals surface area (Å²) in [7, 11) is 3.56. The van der Waals surface area contributed by atoms with Crippen LogP contribution >= 0.6 is 0 Å². The summed E-state index contributed by atoms with van der Waals surface area (Å²) in [5, 5.41) is 7.44. The highest BCUT2D eigenvalue weighted by atomic mass is 19.4. The van der Waals surface area contributed by atoms with Crippen molar-refractivity contribution in [2.24, 2.45) is 0 Å². The standard InChI is InChI=1S/C20H23F3N4O2/c1-4-11-24-18(28)14-12-13(9-10-17(14)27(2)3)25-19(29)26-16-8-6-5-7-15(16)20(21,22)23/h5-10,12H,4,11H2,1-3H3,(H,24,28)(H2,25,26,29). The highest BCUT2D eigenvalue weighted by molar-refractivity contribution is 6.04. The van der Waals surface area contributed by atoms with Crippen molar-refractivity contribution in [3.05, 3.63) is 53.6 Å². The van der Waals surface area contributed by atoms with E-state index in [1.54, 1.807) is 31.1 Å².